The van der Waals surface area contributed by atoms with Gasteiger partial charge in [-0.1, -0.05) is 49.7 Å². The van der Waals surface area contributed by atoms with E-state index >= 15 is 0 Å². The van der Waals surface area contributed by atoms with Gasteiger partial charge in [-0.25, -0.2) is 0 Å². The van der Waals surface area contributed by atoms with Crippen molar-refractivity contribution in [2.24, 2.45) is 0 Å². The molecular formula is C24H34ClN3O3. The fourth-order valence-electron chi connectivity index (χ4n) is 3.56. The van der Waals surface area contributed by atoms with E-state index in [2.05, 4.69) is 0 Å². The molecule has 1 aromatic carbocycles. The van der Waals surface area contributed by atoms with Gasteiger partial charge in [0.1, 0.15) is 0 Å². The summed E-state index contributed by atoms with van der Waals surface area (Å²) in [4.78, 5) is 30.8. The first-order valence-corrected chi connectivity index (χ1v) is 11.3. The molecule has 3 rings (SSSR count). The van der Waals surface area contributed by atoms with E-state index in [1.165, 1.54) is 0 Å². The average molecular weight is 448 g/mol. The smallest absolute Gasteiger partial charge is 0.257 e. The molecule has 2 amide bonds. The third-order valence-electron chi connectivity index (χ3n) is 5.20. The number of rotatable bonds is 6. The quantitative estimate of drug-likeness (QED) is 0.663. The molecule has 2 aliphatic rings. The molecule has 1 aliphatic heterocycles. The Morgan fingerprint density at radius 3 is 2.48 bits per heavy atom. The molecule has 7 heteroatoms. The van der Waals surface area contributed by atoms with Crippen molar-refractivity contribution in [3.8, 4) is 0 Å². The maximum absolute atomic E-state index is 12.9. The van der Waals surface area contributed by atoms with Crippen LogP contribution in [0.3, 0.4) is 0 Å². The Balaban J connectivity index is 0.00000166. The first-order valence-electron chi connectivity index (χ1n) is 10.9. The number of carbonyl (C=O) groups excluding carboxylic acids is 2. The van der Waals surface area contributed by atoms with Crippen molar-refractivity contribution in [2.45, 2.75) is 33.2 Å². The number of anilines is 1. The lowest BCUT2D eigenvalue weighted by Gasteiger charge is -2.29. The number of likely N-dealkylation sites (N-methyl/N-ethyl adjacent to an activating group) is 2. The number of ether oxygens (including phenoxy) is 1. The highest BCUT2D eigenvalue weighted by molar-refractivity contribution is 6.32. The van der Waals surface area contributed by atoms with E-state index in [1.807, 2.05) is 67.1 Å². The van der Waals surface area contributed by atoms with Gasteiger partial charge < -0.3 is 14.5 Å². The Morgan fingerprint density at radius 1 is 1.13 bits per heavy atom. The molecule has 0 bridgehead atoms. The van der Waals surface area contributed by atoms with E-state index in [0.29, 0.717) is 43.4 Å². The number of carbonyl (C=O) groups is 2. The van der Waals surface area contributed by atoms with Gasteiger partial charge in [0.15, 0.2) is 0 Å². The molecule has 0 aromatic heterocycles. The highest BCUT2D eigenvalue weighted by Crippen LogP contribution is 2.29. The van der Waals surface area contributed by atoms with E-state index < -0.39 is 0 Å². The van der Waals surface area contributed by atoms with Crippen molar-refractivity contribution >= 4 is 29.1 Å². The van der Waals surface area contributed by atoms with Crippen LogP contribution in [0.5, 0.6) is 0 Å². The summed E-state index contributed by atoms with van der Waals surface area (Å²) in [6.07, 6.45) is 7.70. The van der Waals surface area contributed by atoms with Crippen LogP contribution in [0.15, 0.2) is 42.0 Å². The van der Waals surface area contributed by atoms with Gasteiger partial charge >= 0.3 is 0 Å². The molecule has 0 unspecified atom stereocenters. The Bertz CT molecular complexity index is 816. The number of amides is 2. The van der Waals surface area contributed by atoms with Crippen LogP contribution in [0.4, 0.5) is 5.69 Å². The molecule has 1 aromatic rings. The fourth-order valence-corrected chi connectivity index (χ4v) is 3.79. The second-order valence-electron chi connectivity index (χ2n) is 7.41. The molecule has 0 spiro atoms. The topological polar surface area (TPSA) is 53.1 Å². The summed E-state index contributed by atoms with van der Waals surface area (Å²) in [5.74, 6) is 0.0165. The van der Waals surface area contributed by atoms with Crippen LogP contribution in [0.25, 0.3) is 0 Å². The zero-order valence-electron chi connectivity index (χ0n) is 19.1. The number of hydrogen-bond acceptors (Lipinski definition) is 4. The number of hydrogen-bond donors (Lipinski definition) is 0. The lowest BCUT2D eigenvalue weighted by Crippen LogP contribution is -2.45. The molecule has 170 valence electrons. The maximum atomic E-state index is 12.9. The summed E-state index contributed by atoms with van der Waals surface area (Å²) < 4.78 is 5.31. The summed E-state index contributed by atoms with van der Waals surface area (Å²) in [6, 6.07) is 5.55. The SMILES string of the molecule is CC.CN(CC(=O)N1CCOCC1)Cc1c(Cl)cccc1N(C)C(=O)C1=CCCC=C1. The molecular weight excluding hydrogens is 414 g/mol. The molecule has 1 fully saturated rings. The normalized spacial score (nSPS) is 15.8. The van der Waals surface area contributed by atoms with Crippen LogP contribution in [0.1, 0.15) is 32.3 Å². The molecule has 1 heterocycles. The Labute approximate surface area is 191 Å². The maximum Gasteiger partial charge on any atom is 0.257 e. The van der Waals surface area contributed by atoms with Gasteiger partial charge in [0.05, 0.1) is 19.8 Å². The number of morpholine rings is 1. The third kappa shape index (κ3) is 6.92. The summed E-state index contributed by atoms with van der Waals surface area (Å²) in [7, 11) is 3.65. The molecule has 0 saturated carbocycles. The minimum Gasteiger partial charge on any atom is -0.378 e. The summed E-state index contributed by atoms with van der Waals surface area (Å²) in [6.45, 7) is 7.18. The summed E-state index contributed by atoms with van der Waals surface area (Å²) >= 11 is 6.49. The van der Waals surface area contributed by atoms with Gasteiger partial charge in [-0.2, -0.15) is 0 Å². The average Bonchev–Trinajstić information content (AvgIpc) is 2.82. The van der Waals surface area contributed by atoms with E-state index in [9.17, 15) is 9.59 Å². The zero-order chi connectivity index (χ0) is 22.8. The van der Waals surface area contributed by atoms with Gasteiger partial charge in [-0.05, 0) is 32.0 Å². The lowest BCUT2D eigenvalue weighted by molar-refractivity contribution is -0.136. The van der Waals surface area contributed by atoms with Crippen molar-refractivity contribution in [3.63, 3.8) is 0 Å². The fraction of sp³-hybridized carbons (Fsp3) is 0.500. The van der Waals surface area contributed by atoms with Crippen LogP contribution in [-0.4, -0.2) is 68.6 Å². The Kier molecular flexibility index (Phi) is 10.2. The van der Waals surface area contributed by atoms with E-state index in [1.54, 1.807) is 11.9 Å². The molecule has 31 heavy (non-hydrogen) atoms. The predicted octanol–water partition coefficient (Wildman–Crippen LogP) is 3.90. The second kappa shape index (κ2) is 12.6. The zero-order valence-corrected chi connectivity index (χ0v) is 19.8. The van der Waals surface area contributed by atoms with Crippen LogP contribution in [0, 0.1) is 0 Å². The second-order valence-corrected chi connectivity index (χ2v) is 7.81. The Hall–Kier alpha value is -2.15. The lowest BCUT2D eigenvalue weighted by atomic mass is 10.0. The first kappa shape index (κ1) is 25.1. The molecule has 0 atom stereocenters. The first-order chi connectivity index (χ1) is 15.0. The minimum absolute atomic E-state index is 0.0588. The van der Waals surface area contributed by atoms with Crippen LogP contribution < -0.4 is 4.90 Å². The van der Waals surface area contributed by atoms with Crippen molar-refractivity contribution in [3.05, 3.63) is 52.6 Å². The number of halogens is 1. The molecule has 1 aliphatic carbocycles. The van der Waals surface area contributed by atoms with Crippen LogP contribution >= 0.6 is 11.6 Å². The third-order valence-corrected chi connectivity index (χ3v) is 5.55. The molecule has 1 saturated heterocycles. The van der Waals surface area contributed by atoms with Crippen LogP contribution in [0.2, 0.25) is 5.02 Å². The molecule has 0 N–H and O–H groups in total. The summed E-state index contributed by atoms with van der Waals surface area (Å²) in [5.41, 5.74) is 2.29. The van der Waals surface area contributed by atoms with Gasteiger partial charge in [-0.15, -0.1) is 0 Å². The highest BCUT2D eigenvalue weighted by Gasteiger charge is 2.22. The van der Waals surface area contributed by atoms with E-state index in [0.717, 1.165) is 24.1 Å². The van der Waals surface area contributed by atoms with Crippen molar-refractivity contribution in [1.29, 1.82) is 0 Å². The van der Waals surface area contributed by atoms with Crippen LogP contribution in [-0.2, 0) is 20.9 Å². The number of allylic oxidation sites excluding steroid dienone is 2. The minimum atomic E-state index is -0.0588. The molecule has 0 radical (unpaired) electrons. The van der Waals surface area contributed by atoms with Crippen molar-refractivity contribution in [1.82, 2.24) is 9.80 Å². The van der Waals surface area contributed by atoms with Crippen molar-refractivity contribution in [2.75, 3.05) is 51.8 Å². The van der Waals surface area contributed by atoms with Gasteiger partial charge in [0.2, 0.25) is 5.91 Å². The highest BCUT2D eigenvalue weighted by atomic mass is 35.5. The number of benzene rings is 1. The van der Waals surface area contributed by atoms with Gasteiger partial charge in [0, 0.05) is 48.5 Å². The Morgan fingerprint density at radius 2 is 1.84 bits per heavy atom. The number of nitrogens with zero attached hydrogens (tertiary/aromatic N) is 3. The van der Waals surface area contributed by atoms with E-state index in [4.69, 9.17) is 16.3 Å². The molecule has 6 nitrogen and oxygen atoms in total. The van der Waals surface area contributed by atoms with E-state index in [-0.39, 0.29) is 18.4 Å². The van der Waals surface area contributed by atoms with Gasteiger partial charge in [-0.3, -0.25) is 14.5 Å². The standard InChI is InChI=1S/C22H28ClN3O3.C2H6/c1-24(16-21(27)26-11-13-29-14-12-26)15-18-19(23)9-6-10-20(18)25(2)22(28)17-7-4-3-5-8-17;1-2/h4,6-10H,3,5,11-16H2,1-2H3;1-2H3. The largest absolute Gasteiger partial charge is 0.378 e. The predicted molar refractivity (Wildman–Crippen MR) is 126 cm³/mol. The summed E-state index contributed by atoms with van der Waals surface area (Å²) in [5, 5.41) is 0.584. The monoisotopic (exact) mass is 447 g/mol. The van der Waals surface area contributed by atoms with Gasteiger partial charge in [0.25, 0.3) is 5.91 Å². The van der Waals surface area contributed by atoms with Crippen molar-refractivity contribution < 1.29 is 14.3 Å².